The second-order valence-corrected chi connectivity index (χ2v) is 6.75. The molecule has 1 aliphatic rings. The molecule has 2 aromatic carbocycles. The molecule has 138 valence electrons. The van der Waals surface area contributed by atoms with E-state index in [0.717, 1.165) is 19.4 Å². The number of halogens is 1. The van der Waals surface area contributed by atoms with Crippen molar-refractivity contribution < 1.29 is 13.6 Å². The third kappa shape index (κ3) is 3.77. The minimum absolute atomic E-state index is 0.104. The number of carbonyl (C=O) groups excluding carboxylic acids is 1. The number of carbonyl (C=O) groups is 1. The summed E-state index contributed by atoms with van der Waals surface area (Å²) < 4.78 is 19.5. The number of aromatic nitrogens is 1. The summed E-state index contributed by atoms with van der Waals surface area (Å²) in [5, 5.41) is 0. The summed E-state index contributed by atoms with van der Waals surface area (Å²) in [5.41, 5.74) is 1.56. The Balaban J connectivity index is 1.40. The molecule has 4 rings (SSSR count). The van der Waals surface area contributed by atoms with Gasteiger partial charge < -0.3 is 9.32 Å². The number of aryl methyl sites for hydroxylation is 1. The summed E-state index contributed by atoms with van der Waals surface area (Å²) in [6.45, 7) is 0.782. The van der Waals surface area contributed by atoms with Crippen molar-refractivity contribution >= 4 is 5.91 Å². The zero-order chi connectivity index (χ0) is 18.6. The molecule has 1 aromatic heterocycles. The van der Waals surface area contributed by atoms with Crippen molar-refractivity contribution in [2.45, 2.75) is 31.7 Å². The lowest BCUT2D eigenvalue weighted by Gasteiger charge is -2.25. The van der Waals surface area contributed by atoms with Crippen LogP contribution in [0.2, 0.25) is 0 Å². The molecule has 0 aliphatic carbocycles. The Hall–Kier alpha value is -2.95. The SMILES string of the molecule is O=C(CCc1ncc(-c2ccccc2F)o1)N1CCCC1c1ccccc1. The van der Waals surface area contributed by atoms with Gasteiger partial charge in [0.15, 0.2) is 11.7 Å². The number of amides is 1. The molecular formula is C22H21FN2O2. The van der Waals surface area contributed by atoms with Crippen LogP contribution >= 0.6 is 0 Å². The second-order valence-electron chi connectivity index (χ2n) is 6.75. The molecular weight excluding hydrogens is 343 g/mol. The van der Waals surface area contributed by atoms with E-state index in [2.05, 4.69) is 17.1 Å². The highest BCUT2D eigenvalue weighted by Crippen LogP contribution is 2.32. The highest BCUT2D eigenvalue weighted by molar-refractivity contribution is 5.77. The summed E-state index contributed by atoms with van der Waals surface area (Å²) in [7, 11) is 0. The first-order valence-corrected chi connectivity index (χ1v) is 9.26. The lowest BCUT2D eigenvalue weighted by molar-refractivity contribution is -0.132. The van der Waals surface area contributed by atoms with Crippen molar-refractivity contribution in [3.05, 3.63) is 78.1 Å². The number of likely N-dealkylation sites (tertiary alicyclic amines) is 1. The van der Waals surface area contributed by atoms with Gasteiger partial charge in [0.25, 0.3) is 0 Å². The van der Waals surface area contributed by atoms with Crippen LogP contribution in [0.3, 0.4) is 0 Å². The fourth-order valence-corrected chi connectivity index (χ4v) is 3.66. The smallest absolute Gasteiger partial charge is 0.223 e. The molecule has 0 N–H and O–H groups in total. The third-order valence-corrected chi connectivity index (χ3v) is 5.00. The van der Waals surface area contributed by atoms with Crippen molar-refractivity contribution in [2.24, 2.45) is 0 Å². The average Bonchev–Trinajstić information content (AvgIpc) is 3.37. The van der Waals surface area contributed by atoms with Gasteiger partial charge in [0.2, 0.25) is 5.91 Å². The molecule has 0 saturated carbocycles. The first-order chi connectivity index (χ1) is 13.2. The summed E-state index contributed by atoms with van der Waals surface area (Å²) in [6.07, 6.45) is 4.26. The zero-order valence-corrected chi connectivity index (χ0v) is 15.0. The predicted molar refractivity (Wildman–Crippen MR) is 100 cm³/mol. The molecule has 1 unspecified atom stereocenters. The fraction of sp³-hybridized carbons (Fsp3) is 0.273. The minimum atomic E-state index is -0.348. The van der Waals surface area contributed by atoms with Gasteiger partial charge in [0.05, 0.1) is 17.8 Å². The van der Waals surface area contributed by atoms with Gasteiger partial charge in [-0.3, -0.25) is 4.79 Å². The first kappa shape index (κ1) is 17.5. The van der Waals surface area contributed by atoms with Crippen LogP contribution in [0.5, 0.6) is 0 Å². The van der Waals surface area contributed by atoms with Crippen LogP contribution in [0.4, 0.5) is 4.39 Å². The van der Waals surface area contributed by atoms with Crippen LogP contribution in [0.1, 0.15) is 36.8 Å². The highest BCUT2D eigenvalue weighted by Gasteiger charge is 2.29. The number of hydrogen-bond donors (Lipinski definition) is 0. The maximum atomic E-state index is 13.9. The zero-order valence-electron chi connectivity index (χ0n) is 15.0. The first-order valence-electron chi connectivity index (χ1n) is 9.26. The van der Waals surface area contributed by atoms with Gasteiger partial charge in [-0.25, -0.2) is 9.37 Å². The van der Waals surface area contributed by atoms with Crippen molar-refractivity contribution in [3.8, 4) is 11.3 Å². The van der Waals surface area contributed by atoms with Crippen LogP contribution in [0, 0.1) is 5.82 Å². The van der Waals surface area contributed by atoms with Crippen molar-refractivity contribution in [1.82, 2.24) is 9.88 Å². The topological polar surface area (TPSA) is 46.3 Å². The third-order valence-electron chi connectivity index (χ3n) is 5.00. The predicted octanol–water partition coefficient (Wildman–Crippen LogP) is 4.78. The average molecular weight is 364 g/mol. The molecule has 0 spiro atoms. The van der Waals surface area contributed by atoms with E-state index >= 15 is 0 Å². The van der Waals surface area contributed by atoms with Gasteiger partial charge in [-0.1, -0.05) is 42.5 Å². The molecule has 1 atom stereocenters. The lowest BCUT2D eigenvalue weighted by Crippen LogP contribution is -2.30. The Labute approximate surface area is 157 Å². The molecule has 1 fully saturated rings. The van der Waals surface area contributed by atoms with Crippen LogP contribution in [0.25, 0.3) is 11.3 Å². The molecule has 27 heavy (non-hydrogen) atoms. The van der Waals surface area contributed by atoms with Crippen LogP contribution in [-0.4, -0.2) is 22.3 Å². The number of oxazole rings is 1. The highest BCUT2D eigenvalue weighted by atomic mass is 19.1. The van der Waals surface area contributed by atoms with Gasteiger partial charge >= 0.3 is 0 Å². The molecule has 5 heteroatoms. The molecule has 1 amide bonds. The van der Waals surface area contributed by atoms with Crippen LogP contribution < -0.4 is 0 Å². The summed E-state index contributed by atoms with van der Waals surface area (Å²) in [5.74, 6) is 0.599. The standard InChI is InChI=1S/C22H21FN2O2/c23-18-10-5-4-9-17(18)20-15-24-21(27-20)12-13-22(26)25-14-6-11-19(25)16-7-2-1-3-8-16/h1-5,7-10,15,19H,6,11-14H2. The Kier molecular flexibility index (Phi) is 5.01. The van der Waals surface area contributed by atoms with E-state index in [1.165, 1.54) is 17.8 Å². The Morgan fingerprint density at radius 2 is 1.93 bits per heavy atom. The van der Waals surface area contributed by atoms with Crippen molar-refractivity contribution in [2.75, 3.05) is 6.54 Å². The summed E-state index contributed by atoms with van der Waals surface area (Å²) in [6, 6.07) is 16.7. The lowest BCUT2D eigenvalue weighted by atomic mass is 10.0. The Morgan fingerprint density at radius 3 is 2.74 bits per heavy atom. The van der Waals surface area contributed by atoms with Crippen molar-refractivity contribution in [3.63, 3.8) is 0 Å². The van der Waals surface area contributed by atoms with E-state index in [0.29, 0.717) is 30.1 Å². The van der Waals surface area contributed by atoms with Gasteiger partial charge in [0, 0.05) is 19.4 Å². The molecule has 2 heterocycles. The van der Waals surface area contributed by atoms with Crippen LogP contribution in [-0.2, 0) is 11.2 Å². The maximum Gasteiger partial charge on any atom is 0.223 e. The normalized spacial score (nSPS) is 16.6. The van der Waals surface area contributed by atoms with E-state index in [9.17, 15) is 9.18 Å². The van der Waals surface area contributed by atoms with Gasteiger partial charge in [-0.2, -0.15) is 0 Å². The number of hydrogen-bond acceptors (Lipinski definition) is 3. The maximum absolute atomic E-state index is 13.9. The summed E-state index contributed by atoms with van der Waals surface area (Å²) >= 11 is 0. The van der Waals surface area contributed by atoms with Gasteiger partial charge in [-0.05, 0) is 30.5 Å². The second kappa shape index (κ2) is 7.74. The van der Waals surface area contributed by atoms with E-state index < -0.39 is 0 Å². The minimum Gasteiger partial charge on any atom is -0.441 e. The van der Waals surface area contributed by atoms with E-state index in [4.69, 9.17) is 4.42 Å². The van der Waals surface area contributed by atoms with E-state index in [1.807, 2.05) is 23.1 Å². The largest absolute Gasteiger partial charge is 0.441 e. The fourth-order valence-electron chi connectivity index (χ4n) is 3.66. The monoisotopic (exact) mass is 364 g/mol. The molecule has 3 aromatic rings. The quantitative estimate of drug-likeness (QED) is 0.655. The van der Waals surface area contributed by atoms with Crippen LogP contribution in [0.15, 0.2) is 65.2 Å². The molecule has 0 bridgehead atoms. The molecule has 1 aliphatic heterocycles. The Bertz CT molecular complexity index is 923. The molecule has 0 radical (unpaired) electrons. The number of benzene rings is 2. The number of nitrogens with zero attached hydrogens (tertiary/aromatic N) is 2. The summed E-state index contributed by atoms with van der Waals surface area (Å²) in [4.78, 5) is 18.9. The van der Waals surface area contributed by atoms with E-state index in [1.54, 1.807) is 18.2 Å². The molecule has 4 nitrogen and oxygen atoms in total. The van der Waals surface area contributed by atoms with E-state index in [-0.39, 0.29) is 17.8 Å². The van der Waals surface area contributed by atoms with Crippen molar-refractivity contribution in [1.29, 1.82) is 0 Å². The van der Waals surface area contributed by atoms with Gasteiger partial charge in [0.1, 0.15) is 5.82 Å². The Morgan fingerprint density at radius 1 is 1.15 bits per heavy atom. The van der Waals surface area contributed by atoms with Gasteiger partial charge in [-0.15, -0.1) is 0 Å². The molecule has 1 saturated heterocycles. The number of rotatable bonds is 5.